The molecule has 0 unspecified atom stereocenters. The number of carbonyl (C=O) groups excluding carboxylic acids is 1. The van der Waals surface area contributed by atoms with Crippen molar-refractivity contribution in [1.82, 2.24) is 15.5 Å². The molecule has 1 heterocycles. The van der Waals surface area contributed by atoms with Crippen molar-refractivity contribution in [3.05, 3.63) is 0 Å². The van der Waals surface area contributed by atoms with Crippen molar-refractivity contribution in [3.63, 3.8) is 0 Å². The van der Waals surface area contributed by atoms with Crippen molar-refractivity contribution in [2.45, 2.75) is 20.0 Å². The summed E-state index contributed by atoms with van der Waals surface area (Å²) < 4.78 is 5.68. The van der Waals surface area contributed by atoms with Crippen LogP contribution < -0.4 is 10.6 Å². The van der Waals surface area contributed by atoms with Gasteiger partial charge in [0.1, 0.15) is 0 Å². The standard InChI is InChI=1S/C13H27N3O2S/c1-11(2)13(17)15-8-12-9-16(6-7-18-12)5-4-14-10-19-3/h11-12,14H,4-10H2,1-3H3,(H,15,17)/t12-/m0/s1. The van der Waals surface area contributed by atoms with Crippen LogP contribution in [0.2, 0.25) is 0 Å². The van der Waals surface area contributed by atoms with Gasteiger partial charge in [-0.3, -0.25) is 9.69 Å². The summed E-state index contributed by atoms with van der Waals surface area (Å²) in [6.45, 7) is 9.11. The van der Waals surface area contributed by atoms with E-state index in [9.17, 15) is 4.79 Å². The Kier molecular flexibility index (Phi) is 8.45. The third-order valence-corrected chi connectivity index (χ3v) is 3.60. The quantitative estimate of drug-likeness (QED) is 0.499. The number of amides is 1. The first kappa shape index (κ1) is 16.8. The Labute approximate surface area is 120 Å². The Hall–Kier alpha value is -0.300. The maximum Gasteiger partial charge on any atom is 0.222 e. The number of carbonyl (C=O) groups is 1. The lowest BCUT2D eigenvalue weighted by molar-refractivity contribution is -0.125. The maximum atomic E-state index is 11.5. The number of hydrogen-bond donors (Lipinski definition) is 2. The van der Waals surface area contributed by atoms with Gasteiger partial charge >= 0.3 is 0 Å². The fourth-order valence-electron chi connectivity index (χ4n) is 1.94. The zero-order valence-electron chi connectivity index (χ0n) is 12.3. The number of hydrogen-bond acceptors (Lipinski definition) is 5. The predicted molar refractivity (Wildman–Crippen MR) is 80.4 cm³/mol. The monoisotopic (exact) mass is 289 g/mol. The van der Waals surface area contributed by atoms with Crippen molar-refractivity contribution in [2.24, 2.45) is 5.92 Å². The molecule has 1 saturated heterocycles. The van der Waals surface area contributed by atoms with E-state index in [-0.39, 0.29) is 17.9 Å². The summed E-state index contributed by atoms with van der Waals surface area (Å²) >= 11 is 1.80. The summed E-state index contributed by atoms with van der Waals surface area (Å²) in [7, 11) is 0. The summed E-state index contributed by atoms with van der Waals surface area (Å²) in [4.78, 5) is 13.9. The van der Waals surface area contributed by atoms with Crippen LogP contribution in [0, 0.1) is 5.92 Å². The highest BCUT2D eigenvalue weighted by Crippen LogP contribution is 2.04. The smallest absolute Gasteiger partial charge is 0.222 e. The van der Waals surface area contributed by atoms with E-state index in [1.54, 1.807) is 11.8 Å². The van der Waals surface area contributed by atoms with E-state index in [4.69, 9.17) is 4.74 Å². The molecule has 1 fully saturated rings. The summed E-state index contributed by atoms with van der Waals surface area (Å²) in [5.41, 5.74) is 0. The highest BCUT2D eigenvalue weighted by Gasteiger charge is 2.20. The van der Waals surface area contributed by atoms with Gasteiger partial charge in [0.05, 0.1) is 12.7 Å². The molecule has 112 valence electrons. The molecular formula is C13H27N3O2S. The van der Waals surface area contributed by atoms with Gasteiger partial charge in [-0.15, -0.1) is 11.8 Å². The highest BCUT2D eigenvalue weighted by atomic mass is 32.2. The fourth-order valence-corrected chi connectivity index (χ4v) is 2.29. The minimum atomic E-state index is 0.0374. The Morgan fingerprint density at radius 2 is 2.32 bits per heavy atom. The van der Waals surface area contributed by atoms with E-state index in [0.29, 0.717) is 6.54 Å². The van der Waals surface area contributed by atoms with Gasteiger partial charge in [-0.25, -0.2) is 0 Å². The van der Waals surface area contributed by atoms with Gasteiger partial charge in [-0.05, 0) is 6.26 Å². The molecule has 1 aliphatic rings. The van der Waals surface area contributed by atoms with Crippen LogP contribution >= 0.6 is 11.8 Å². The number of ether oxygens (including phenoxy) is 1. The molecule has 0 bridgehead atoms. The Morgan fingerprint density at radius 3 is 3.00 bits per heavy atom. The number of nitrogens with one attached hydrogen (secondary N) is 2. The van der Waals surface area contributed by atoms with Gasteiger partial charge in [-0.1, -0.05) is 13.8 Å². The number of nitrogens with zero attached hydrogens (tertiary/aromatic N) is 1. The molecule has 0 aromatic carbocycles. The van der Waals surface area contributed by atoms with Gasteiger partial charge in [0, 0.05) is 44.5 Å². The molecule has 0 aromatic rings. The summed E-state index contributed by atoms with van der Waals surface area (Å²) in [5.74, 6) is 1.14. The van der Waals surface area contributed by atoms with E-state index < -0.39 is 0 Å². The fraction of sp³-hybridized carbons (Fsp3) is 0.923. The maximum absolute atomic E-state index is 11.5. The molecule has 0 aromatic heterocycles. The first-order valence-electron chi connectivity index (χ1n) is 6.94. The molecule has 1 rings (SSSR count). The molecule has 1 amide bonds. The second kappa shape index (κ2) is 9.58. The summed E-state index contributed by atoms with van der Waals surface area (Å²) in [6.07, 6.45) is 2.21. The van der Waals surface area contributed by atoms with Gasteiger partial charge in [0.25, 0.3) is 0 Å². The molecule has 6 heteroatoms. The van der Waals surface area contributed by atoms with Gasteiger partial charge in [0.15, 0.2) is 0 Å². The van der Waals surface area contributed by atoms with E-state index in [0.717, 1.165) is 38.7 Å². The normalized spacial score (nSPS) is 20.7. The van der Waals surface area contributed by atoms with E-state index in [1.807, 2.05) is 13.8 Å². The Bertz CT molecular complexity index is 264. The molecule has 0 saturated carbocycles. The molecule has 0 radical (unpaired) electrons. The zero-order valence-corrected chi connectivity index (χ0v) is 13.1. The molecule has 5 nitrogen and oxygen atoms in total. The van der Waals surface area contributed by atoms with Gasteiger partial charge in [0.2, 0.25) is 5.91 Å². The second-order valence-corrected chi connectivity index (χ2v) is 5.99. The number of rotatable bonds is 8. The van der Waals surface area contributed by atoms with Crippen LogP contribution in [0.5, 0.6) is 0 Å². The van der Waals surface area contributed by atoms with Crippen LogP contribution in [0.1, 0.15) is 13.8 Å². The van der Waals surface area contributed by atoms with Crippen LogP contribution in [0.25, 0.3) is 0 Å². The average Bonchev–Trinajstić information content (AvgIpc) is 2.41. The van der Waals surface area contributed by atoms with Crippen molar-refractivity contribution in [1.29, 1.82) is 0 Å². The predicted octanol–water partition coefficient (Wildman–Crippen LogP) is 0.370. The van der Waals surface area contributed by atoms with Gasteiger partial charge < -0.3 is 15.4 Å². The highest BCUT2D eigenvalue weighted by molar-refractivity contribution is 7.98. The van der Waals surface area contributed by atoms with Crippen LogP contribution in [-0.2, 0) is 9.53 Å². The van der Waals surface area contributed by atoms with Crippen LogP contribution in [0.3, 0.4) is 0 Å². The van der Waals surface area contributed by atoms with Crippen molar-refractivity contribution in [2.75, 3.05) is 51.5 Å². The topological polar surface area (TPSA) is 53.6 Å². The zero-order chi connectivity index (χ0) is 14.1. The average molecular weight is 289 g/mol. The molecular weight excluding hydrogens is 262 g/mol. The first-order chi connectivity index (χ1) is 9.13. The van der Waals surface area contributed by atoms with Crippen LogP contribution in [-0.4, -0.2) is 68.4 Å². The molecule has 2 N–H and O–H groups in total. The Morgan fingerprint density at radius 1 is 1.53 bits per heavy atom. The van der Waals surface area contributed by atoms with Gasteiger partial charge in [-0.2, -0.15) is 0 Å². The molecule has 1 atom stereocenters. The SMILES string of the molecule is CSCNCCN1CCO[C@@H](CNC(=O)C(C)C)C1. The van der Waals surface area contributed by atoms with E-state index in [1.165, 1.54) is 0 Å². The lowest BCUT2D eigenvalue weighted by atomic mass is 10.2. The van der Waals surface area contributed by atoms with Crippen molar-refractivity contribution in [3.8, 4) is 0 Å². The molecule has 0 spiro atoms. The number of morpholine rings is 1. The minimum absolute atomic E-state index is 0.0374. The lowest BCUT2D eigenvalue weighted by Crippen LogP contribution is -2.49. The largest absolute Gasteiger partial charge is 0.374 e. The third kappa shape index (κ3) is 7.15. The first-order valence-corrected chi connectivity index (χ1v) is 8.34. The Balaban J connectivity index is 2.17. The van der Waals surface area contributed by atoms with Crippen molar-refractivity contribution < 1.29 is 9.53 Å². The second-order valence-electron chi connectivity index (χ2n) is 5.13. The lowest BCUT2D eigenvalue weighted by Gasteiger charge is -2.33. The molecule has 1 aliphatic heterocycles. The van der Waals surface area contributed by atoms with Crippen LogP contribution in [0.15, 0.2) is 0 Å². The third-order valence-electron chi connectivity index (χ3n) is 3.10. The van der Waals surface area contributed by atoms with Crippen molar-refractivity contribution >= 4 is 17.7 Å². The van der Waals surface area contributed by atoms with E-state index >= 15 is 0 Å². The minimum Gasteiger partial charge on any atom is -0.374 e. The number of thioether (sulfide) groups is 1. The van der Waals surface area contributed by atoms with E-state index in [2.05, 4.69) is 21.8 Å². The molecule has 0 aliphatic carbocycles. The summed E-state index contributed by atoms with van der Waals surface area (Å²) in [5, 5.41) is 6.31. The van der Waals surface area contributed by atoms with Crippen LogP contribution in [0.4, 0.5) is 0 Å². The molecule has 19 heavy (non-hydrogen) atoms. The summed E-state index contributed by atoms with van der Waals surface area (Å²) in [6, 6.07) is 0.